The molecule has 0 saturated heterocycles. The molecular weight excluding hydrogens is 224 g/mol. The van der Waals surface area contributed by atoms with E-state index in [1.54, 1.807) is 18.7 Å². The minimum atomic E-state index is -5.17. The van der Waals surface area contributed by atoms with E-state index in [-0.39, 0.29) is 17.1 Å². The average molecular weight is 228 g/mol. The Morgan fingerprint density at radius 2 is 1.82 bits per heavy atom. The topological polar surface area (TPSA) is 109 Å². The standard InChI is InChI=1S/C3H4N2.Cu.H2O4S/c1-2-5-3-4-1;;1-5(2,3)4/h1-3H,(H,4,5);;(H2,1,2,3,4)/q;+2;/p-2. The van der Waals surface area contributed by atoms with Gasteiger partial charge in [-0.15, -0.1) is 0 Å². The van der Waals surface area contributed by atoms with Gasteiger partial charge in [-0.3, -0.25) is 8.42 Å². The Bertz CT molecular complexity index is 219. The third-order valence-electron chi connectivity index (χ3n) is 0.406. The van der Waals surface area contributed by atoms with Crippen molar-refractivity contribution in [2.24, 2.45) is 0 Å². The number of H-pyrrole nitrogens is 1. The van der Waals surface area contributed by atoms with E-state index in [0.29, 0.717) is 0 Å². The van der Waals surface area contributed by atoms with E-state index >= 15 is 0 Å². The SMILES string of the molecule is O=S(=O)([O-])[O-].[Cu+2].c1c[nH]cn1. The monoisotopic (exact) mass is 227 g/mol. The fourth-order valence-electron chi connectivity index (χ4n) is 0.215. The van der Waals surface area contributed by atoms with Crippen molar-refractivity contribution in [2.45, 2.75) is 0 Å². The second-order valence-electron chi connectivity index (χ2n) is 1.17. The van der Waals surface area contributed by atoms with E-state index in [0.717, 1.165) is 0 Å². The summed E-state index contributed by atoms with van der Waals surface area (Å²) in [4.78, 5) is 6.42. The van der Waals surface area contributed by atoms with Crippen molar-refractivity contribution < 1.29 is 34.6 Å². The van der Waals surface area contributed by atoms with Gasteiger partial charge in [-0.1, -0.05) is 0 Å². The van der Waals surface area contributed by atoms with Crippen LogP contribution in [0, 0.1) is 0 Å². The summed E-state index contributed by atoms with van der Waals surface area (Å²) in [5.74, 6) is 0. The molecule has 0 amide bonds. The van der Waals surface area contributed by atoms with Crippen LogP contribution in [0.3, 0.4) is 0 Å². The minimum absolute atomic E-state index is 0. The van der Waals surface area contributed by atoms with Gasteiger partial charge in [-0.05, 0) is 0 Å². The predicted molar refractivity (Wildman–Crippen MR) is 29.1 cm³/mol. The van der Waals surface area contributed by atoms with Gasteiger partial charge in [-0.2, -0.15) is 0 Å². The van der Waals surface area contributed by atoms with Crippen molar-refractivity contribution >= 4 is 10.4 Å². The summed E-state index contributed by atoms with van der Waals surface area (Å²) in [7, 11) is -5.17. The normalized spacial score (nSPS) is 8.91. The summed E-state index contributed by atoms with van der Waals surface area (Å²) in [5.41, 5.74) is 0. The Morgan fingerprint density at radius 1 is 1.36 bits per heavy atom. The zero-order valence-electron chi connectivity index (χ0n) is 5.02. The quantitative estimate of drug-likeness (QED) is 0.350. The van der Waals surface area contributed by atoms with Gasteiger partial charge >= 0.3 is 17.1 Å². The van der Waals surface area contributed by atoms with Crippen LogP contribution in [0.5, 0.6) is 0 Å². The number of hydrogen-bond donors (Lipinski definition) is 1. The molecule has 1 aromatic rings. The Labute approximate surface area is 74.1 Å². The van der Waals surface area contributed by atoms with E-state index in [1.165, 1.54) is 0 Å². The Kier molecular flexibility index (Phi) is 7.59. The number of nitrogens with one attached hydrogen (secondary N) is 1. The molecule has 0 aliphatic heterocycles. The first-order valence-corrected chi connectivity index (χ1v) is 3.43. The zero-order chi connectivity index (χ0) is 8.04. The zero-order valence-corrected chi connectivity index (χ0v) is 6.78. The van der Waals surface area contributed by atoms with Crippen LogP contribution in [0.1, 0.15) is 0 Å². The Balaban J connectivity index is 0. The van der Waals surface area contributed by atoms with Crippen molar-refractivity contribution in [3.8, 4) is 0 Å². The summed E-state index contributed by atoms with van der Waals surface area (Å²) >= 11 is 0. The molecule has 0 unspecified atom stereocenters. The largest absolute Gasteiger partial charge is 2.00 e. The van der Waals surface area contributed by atoms with Crippen LogP contribution in [-0.2, 0) is 27.5 Å². The van der Waals surface area contributed by atoms with E-state index in [9.17, 15) is 0 Å². The molecule has 1 N–H and O–H groups in total. The van der Waals surface area contributed by atoms with Crippen LogP contribution in [0.25, 0.3) is 0 Å². The number of rotatable bonds is 0. The van der Waals surface area contributed by atoms with Crippen LogP contribution >= 0.6 is 0 Å². The predicted octanol–water partition coefficient (Wildman–Crippen LogP) is -0.931. The third-order valence-corrected chi connectivity index (χ3v) is 0.406. The second-order valence-corrected chi connectivity index (χ2v) is 1.99. The molecule has 67 valence electrons. The van der Waals surface area contributed by atoms with Crippen molar-refractivity contribution in [1.82, 2.24) is 9.97 Å². The molecule has 0 aliphatic carbocycles. The van der Waals surface area contributed by atoms with E-state index in [2.05, 4.69) is 9.97 Å². The molecular formula is C3H4CuN2O4S. The molecule has 1 rings (SSSR count). The summed E-state index contributed by atoms with van der Waals surface area (Å²) in [6.45, 7) is 0. The van der Waals surface area contributed by atoms with Gasteiger partial charge in [0.05, 0.1) is 6.33 Å². The van der Waals surface area contributed by atoms with Gasteiger partial charge in [0, 0.05) is 22.8 Å². The summed E-state index contributed by atoms with van der Waals surface area (Å²) in [6.07, 6.45) is 5.08. The molecule has 0 fully saturated rings. The number of hydrogen-bond acceptors (Lipinski definition) is 5. The van der Waals surface area contributed by atoms with Crippen molar-refractivity contribution in [3.05, 3.63) is 18.7 Å². The molecule has 0 atom stereocenters. The molecule has 1 aromatic heterocycles. The summed E-state index contributed by atoms with van der Waals surface area (Å²) < 4.78 is 34.1. The Morgan fingerprint density at radius 3 is 1.91 bits per heavy atom. The van der Waals surface area contributed by atoms with E-state index < -0.39 is 10.4 Å². The molecule has 0 spiro atoms. The Hall–Kier alpha value is -0.401. The number of aromatic nitrogens is 2. The van der Waals surface area contributed by atoms with Crippen LogP contribution in [0.4, 0.5) is 0 Å². The van der Waals surface area contributed by atoms with Gasteiger partial charge in [0.25, 0.3) is 0 Å². The molecule has 8 heteroatoms. The second kappa shape index (κ2) is 6.32. The van der Waals surface area contributed by atoms with Crippen LogP contribution in [-0.4, -0.2) is 27.5 Å². The van der Waals surface area contributed by atoms with E-state index in [4.69, 9.17) is 17.5 Å². The fraction of sp³-hybridized carbons (Fsp3) is 0. The molecule has 1 radical (unpaired) electrons. The molecule has 0 saturated carbocycles. The number of aromatic amines is 1. The maximum atomic E-state index is 8.52. The molecule has 1 heterocycles. The first-order valence-electron chi connectivity index (χ1n) is 2.09. The van der Waals surface area contributed by atoms with Gasteiger partial charge in [-0.25, -0.2) is 4.98 Å². The van der Waals surface area contributed by atoms with Crippen LogP contribution < -0.4 is 0 Å². The van der Waals surface area contributed by atoms with Crippen LogP contribution in [0.15, 0.2) is 18.7 Å². The van der Waals surface area contributed by atoms with E-state index in [1.807, 2.05) is 0 Å². The van der Waals surface area contributed by atoms with Crippen LogP contribution in [0.2, 0.25) is 0 Å². The fourth-order valence-corrected chi connectivity index (χ4v) is 0.215. The molecule has 11 heavy (non-hydrogen) atoms. The molecule has 0 bridgehead atoms. The van der Waals surface area contributed by atoms with Crippen molar-refractivity contribution in [3.63, 3.8) is 0 Å². The number of imidazole rings is 1. The van der Waals surface area contributed by atoms with Crippen molar-refractivity contribution in [2.75, 3.05) is 0 Å². The van der Waals surface area contributed by atoms with Crippen molar-refractivity contribution in [1.29, 1.82) is 0 Å². The first kappa shape index (κ1) is 13.2. The van der Waals surface area contributed by atoms with Gasteiger partial charge in [0.15, 0.2) is 0 Å². The maximum Gasteiger partial charge on any atom is 2.00 e. The van der Waals surface area contributed by atoms with Gasteiger partial charge in [0.2, 0.25) is 0 Å². The maximum absolute atomic E-state index is 8.52. The molecule has 0 aliphatic rings. The summed E-state index contributed by atoms with van der Waals surface area (Å²) in [6, 6.07) is 0. The summed E-state index contributed by atoms with van der Waals surface area (Å²) in [5, 5.41) is 0. The average Bonchev–Trinajstić information content (AvgIpc) is 2.07. The molecule has 0 aromatic carbocycles. The number of nitrogens with zero attached hydrogens (tertiary/aromatic N) is 1. The van der Waals surface area contributed by atoms with Gasteiger partial charge in [0.1, 0.15) is 0 Å². The molecule has 6 nitrogen and oxygen atoms in total. The first-order chi connectivity index (χ1) is 4.50. The van der Waals surface area contributed by atoms with Gasteiger partial charge < -0.3 is 14.1 Å². The minimum Gasteiger partial charge on any atom is -0.759 e. The third kappa shape index (κ3) is 26.2. The smallest absolute Gasteiger partial charge is 0.759 e.